The Hall–Kier alpha value is -2.67. The highest BCUT2D eigenvalue weighted by Crippen LogP contribution is 2.27. The number of nitrogens with zero attached hydrogens (tertiary/aromatic N) is 2. The number of hydrogen-bond acceptors (Lipinski definition) is 4. The molecular weight excluding hydrogens is 404 g/mol. The van der Waals surface area contributed by atoms with Gasteiger partial charge in [0.05, 0.1) is 6.04 Å². The third kappa shape index (κ3) is 6.66. The van der Waals surface area contributed by atoms with Gasteiger partial charge in [-0.15, -0.1) is 0 Å². The second-order valence-corrected chi connectivity index (χ2v) is 8.84. The van der Waals surface area contributed by atoms with E-state index in [1.807, 2.05) is 65.0 Å². The zero-order valence-electron chi connectivity index (χ0n) is 20.9. The quantitative estimate of drug-likeness (QED) is 0.428. The number of amides is 3. The molecule has 7 nitrogen and oxygen atoms in total. The number of nitrogens with one attached hydrogen (secondary N) is 2. The summed E-state index contributed by atoms with van der Waals surface area (Å²) in [5.41, 5.74) is 4.19. The lowest BCUT2D eigenvalue weighted by Gasteiger charge is -2.36. The molecule has 3 amide bonds. The molecule has 1 unspecified atom stereocenters. The number of carbonyl (C=O) groups is 3. The Morgan fingerprint density at radius 3 is 2.03 bits per heavy atom. The third-order valence-corrected chi connectivity index (χ3v) is 5.59. The van der Waals surface area contributed by atoms with E-state index in [4.69, 9.17) is 0 Å². The molecule has 32 heavy (non-hydrogen) atoms. The summed E-state index contributed by atoms with van der Waals surface area (Å²) < 4.78 is 0. The predicted octanol–water partition coefficient (Wildman–Crippen LogP) is 3.37. The van der Waals surface area contributed by atoms with Gasteiger partial charge in [0.2, 0.25) is 5.91 Å². The van der Waals surface area contributed by atoms with Gasteiger partial charge in [-0.1, -0.05) is 64.4 Å². The number of likely N-dealkylation sites (N-methyl/N-ethyl adjacent to an activating group) is 2. The molecule has 0 aliphatic rings. The molecule has 0 radical (unpaired) electrons. The zero-order chi connectivity index (χ0) is 24.5. The van der Waals surface area contributed by atoms with Crippen molar-refractivity contribution in [3.8, 4) is 0 Å². The second-order valence-electron chi connectivity index (χ2n) is 8.84. The Morgan fingerprint density at radius 1 is 1.00 bits per heavy atom. The molecule has 1 aromatic rings. The number of hydrazine groups is 1. The molecule has 0 bridgehead atoms. The molecule has 1 atom stereocenters. The van der Waals surface area contributed by atoms with Crippen LogP contribution >= 0.6 is 0 Å². The molecule has 178 valence electrons. The Labute approximate surface area is 193 Å². The minimum atomic E-state index is -0.635. The molecule has 0 saturated carbocycles. The van der Waals surface area contributed by atoms with Crippen molar-refractivity contribution in [2.75, 3.05) is 21.1 Å². The van der Waals surface area contributed by atoms with Crippen molar-refractivity contribution in [2.24, 2.45) is 0 Å². The average molecular weight is 445 g/mol. The Balaban J connectivity index is 3.43. The van der Waals surface area contributed by atoms with Crippen LogP contribution in [-0.2, 0) is 19.8 Å². The summed E-state index contributed by atoms with van der Waals surface area (Å²) >= 11 is 0. The summed E-state index contributed by atoms with van der Waals surface area (Å²) in [5.74, 6) is -1.00. The van der Waals surface area contributed by atoms with Gasteiger partial charge in [0.15, 0.2) is 0 Å². The fourth-order valence-electron chi connectivity index (χ4n) is 3.77. The van der Waals surface area contributed by atoms with Crippen LogP contribution < -0.4 is 10.7 Å². The predicted molar refractivity (Wildman–Crippen MR) is 129 cm³/mol. The van der Waals surface area contributed by atoms with E-state index in [1.165, 1.54) is 9.91 Å². The van der Waals surface area contributed by atoms with Crippen LogP contribution in [-0.4, -0.2) is 54.8 Å². The van der Waals surface area contributed by atoms with Crippen LogP contribution in [0, 0.1) is 0 Å². The lowest BCUT2D eigenvalue weighted by Crippen LogP contribution is -2.59. The molecule has 0 aliphatic carbocycles. The third-order valence-electron chi connectivity index (χ3n) is 5.59. The van der Waals surface area contributed by atoms with Crippen molar-refractivity contribution in [1.82, 2.24) is 20.7 Å². The molecule has 0 aromatic heterocycles. The lowest BCUT2D eigenvalue weighted by atomic mass is 9.77. The maximum Gasteiger partial charge on any atom is 0.271 e. The van der Waals surface area contributed by atoms with E-state index in [9.17, 15) is 14.4 Å². The van der Waals surface area contributed by atoms with Crippen LogP contribution in [0.3, 0.4) is 0 Å². The summed E-state index contributed by atoms with van der Waals surface area (Å²) in [6.07, 6.45) is 2.29. The van der Waals surface area contributed by atoms with Crippen LogP contribution in [0.4, 0.5) is 0 Å². The highest BCUT2D eigenvalue weighted by Gasteiger charge is 2.38. The van der Waals surface area contributed by atoms with Crippen LogP contribution in [0.1, 0.15) is 65.9 Å². The van der Waals surface area contributed by atoms with Gasteiger partial charge in [0, 0.05) is 25.9 Å². The molecule has 0 spiro atoms. The standard InChI is InChI=1S/C25H40N4O3/c1-9-14-18(3)21(24(32)28(7)8)29(20(30)15-10-2)27-23(31)22(26-6)25(4,5)19-16-12-11-13-17-19/h11-13,16-17,22,26H,9-10,14-15H2,1-8H3,(H,27,31). The summed E-state index contributed by atoms with van der Waals surface area (Å²) in [7, 11) is 5.00. The van der Waals surface area contributed by atoms with E-state index in [0.29, 0.717) is 12.8 Å². The van der Waals surface area contributed by atoms with Crippen LogP contribution in [0.2, 0.25) is 0 Å². The Kier molecular flexibility index (Phi) is 10.6. The number of hydrogen-bond donors (Lipinski definition) is 2. The second kappa shape index (κ2) is 12.4. The van der Waals surface area contributed by atoms with Crippen molar-refractivity contribution < 1.29 is 14.4 Å². The molecule has 1 aromatic carbocycles. The Bertz CT molecular complexity index is 816. The van der Waals surface area contributed by atoms with Crippen molar-refractivity contribution >= 4 is 17.7 Å². The zero-order valence-corrected chi connectivity index (χ0v) is 20.9. The first-order valence-electron chi connectivity index (χ1n) is 11.3. The number of rotatable bonds is 10. The maximum atomic E-state index is 13.5. The van der Waals surface area contributed by atoms with Gasteiger partial charge >= 0.3 is 0 Å². The van der Waals surface area contributed by atoms with E-state index in [2.05, 4.69) is 10.7 Å². The highest BCUT2D eigenvalue weighted by molar-refractivity contribution is 5.99. The summed E-state index contributed by atoms with van der Waals surface area (Å²) in [4.78, 5) is 41.0. The minimum Gasteiger partial charge on any atom is -0.343 e. The number of carbonyl (C=O) groups excluding carboxylic acids is 3. The lowest BCUT2D eigenvalue weighted by molar-refractivity contribution is -0.143. The summed E-state index contributed by atoms with van der Waals surface area (Å²) in [5, 5.41) is 4.27. The van der Waals surface area contributed by atoms with Gasteiger partial charge in [0.25, 0.3) is 11.8 Å². The van der Waals surface area contributed by atoms with Gasteiger partial charge < -0.3 is 10.2 Å². The van der Waals surface area contributed by atoms with Crippen molar-refractivity contribution in [3.05, 3.63) is 47.2 Å². The van der Waals surface area contributed by atoms with E-state index in [0.717, 1.165) is 17.6 Å². The molecule has 0 aliphatic heterocycles. The molecular formula is C25H40N4O3. The van der Waals surface area contributed by atoms with Crippen LogP contribution in [0.5, 0.6) is 0 Å². The molecule has 0 heterocycles. The van der Waals surface area contributed by atoms with Gasteiger partial charge in [-0.2, -0.15) is 0 Å². The monoisotopic (exact) mass is 444 g/mol. The fraction of sp³-hybridized carbons (Fsp3) is 0.560. The van der Waals surface area contributed by atoms with Crippen molar-refractivity contribution in [2.45, 2.75) is 71.8 Å². The summed E-state index contributed by atoms with van der Waals surface area (Å²) in [6.45, 7) is 9.69. The van der Waals surface area contributed by atoms with Gasteiger partial charge in [-0.25, -0.2) is 5.01 Å². The van der Waals surface area contributed by atoms with Crippen molar-refractivity contribution in [3.63, 3.8) is 0 Å². The van der Waals surface area contributed by atoms with Gasteiger partial charge in [-0.3, -0.25) is 19.8 Å². The van der Waals surface area contributed by atoms with Gasteiger partial charge in [0.1, 0.15) is 5.70 Å². The molecule has 0 fully saturated rings. The first kappa shape index (κ1) is 27.4. The molecule has 2 N–H and O–H groups in total. The smallest absolute Gasteiger partial charge is 0.271 e. The first-order valence-corrected chi connectivity index (χ1v) is 11.3. The van der Waals surface area contributed by atoms with E-state index in [1.54, 1.807) is 21.1 Å². The fourth-order valence-corrected chi connectivity index (χ4v) is 3.77. The first-order chi connectivity index (χ1) is 15.0. The molecule has 7 heteroatoms. The average Bonchev–Trinajstić information content (AvgIpc) is 2.74. The van der Waals surface area contributed by atoms with Gasteiger partial charge in [-0.05, 0) is 37.9 Å². The number of allylic oxidation sites excluding steroid dienone is 1. The summed E-state index contributed by atoms with van der Waals surface area (Å²) in [6, 6.07) is 9.12. The largest absolute Gasteiger partial charge is 0.343 e. The SMILES string of the molecule is CCCC(=O)N(NC(=O)C(NC)C(C)(C)c1ccccc1)C(C(=O)N(C)C)=C(C)CCC. The van der Waals surface area contributed by atoms with E-state index >= 15 is 0 Å². The maximum absolute atomic E-state index is 13.5. The minimum absolute atomic E-state index is 0.218. The van der Waals surface area contributed by atoms with E-state index < -0.39 is 11.5 Å². The highest BCUT2D eigenvalue weighted by atomic mass is 16.2. The Morgan fingerprint density at radius 2 is 1.56 bits per heavy atom. The van der Waals surface area contributed by atoms with Crippen LogP contribution in [0.15, 0.2) is 41.6 Å². The van der Waals surface area contributed by atoms with Crippen molar-refractivity contribution in [1.29, 1.82) is 0 Å². The molecule has 1 rings (SSSR count). The molecule has 0 saturated heterocycles. The normalized spacial score (nSPS) is 13.1. The van der Waals surface area contributed by atoms with E-state index in [-0.39, 0.29) is 29.8 Å². The van der Waals surface area contributed by atoms with Crippen LogP contribution in [0.25, 0.3) is 0 Å². The number of benzene rings is 1. The topological polar surface area (TPSA) is 81.8 Å².